The summed E-state index contributed by atoms with van der Waals surface area (Å²) in [5.74, 6) is -0.120. The number of amides is 1. The van der Waals surface area contributed by atoms with Gasteiger partial charge in [-0.2, -0.15) is 10.4 Å². The van der Waals surface area contributed by atoms with Gasteiger partial charge in [0.1, 0.15) is 12.1 Å². The van der Waals surface area contributed by atoms with Gasteiger partial charge in [-0.1, -0.05) is 0 Å². The molecule has 3 rings (SSSR count). The van der Waals surface area contributed by atoms with E-state index in [1.807, 2.05) is 6.07 Å². The Labute approximate surface area is 137 Å². The first kappa shape index (κ1) is 15.5. The molecule has 0 spiro atoms. The van der Waals surface area contributed by atoms with Crippen molar-refractivity contribution in [2.45, 2.75) is 12.5 Å². The highest BCUT2D eigenvalue weighted by Gasteiger charge is 2.33. The summed E-state index contributed by atoms with van der Waals surface area (Å²) in [5.41, 5.74) is 1.11. The zero-order valence-electron chi connectivity index (χ0n) is 12.8. The first-order valence-corrected chi connectivity index (χ1v) is 7.24. The van der Waals surface area contributed by atoms with Crippen molar-refractivity contribution in [3.8, 4) is 6.07 Å². The number of aromatic nitrogens is 2. The second-order valence-electron chi connectivity index (χ2n) is 5.45. The predicted molar refractivity (Wildman–Crippen MR) is 85.4 cm³/mol. The van der Waals surface area contributed by atoms with Crippen molar-refractivity contribution >= 4 is 23.0 Å². The fourth-order valence-electron chi connectivity index (χ4n) is 2.67. The number of nitro groups is 1. The number of hydrogen-bond donors (Lipinski definition) is 1. The molecule has 0 aliphatic carbocycles. The molecule has 0 saturated carbocycles. The number of aryl methyl sites for hydroxylation is 1. The summed E-state index contributed by atoms with van der Waals surface area (Å²) in [6.45, 7) is 0.539. The fourth-order valence-corrected chi connectivity index (χ4v) is 2.67. The fraction of sp³-hybridized carbons (Fsp3) is 0.267. The molecule has 1 atom stereocenters. The maximum absolute atomic E-state index is 12.5. The lowest BCUT2D eigenvalue weighted by Crippen LogP contribution is -2.33. The Morgan fingerprint density at radius 2 is 2.29 bits per heavy atom. The molecule has 0 bridgehead atoms. The largest absolute Gasteiger partial charge is 0.373 e. The molecule has 2 aromatic rings. The number of carbonyl (C=O) groups excluding carboxylic acids is 1. The van der Waals surface area contributed by atoms with Crippen molar-refractivity contribution in [1.82, 2.24) is 9.78 Å². The second kappa shape index (κ2) is 6.00. The van der Waals surface area contributed by atoms with E-state index in [1.54, 1.807) is 29.0 Å². The van der Waals surface area contributed by atoms with Crippen LogP contribution in [0.1, 0.15) is 12.0 Å². The Hall–Kier alpha value is -3.41. The molecule has 1 amide bonds. The standard InChI is InChI=1S/C15H14N6O3/c1-19-9-12(8-17-19)20-5-4-14(15(20)22)18-13-3-2-11(21(23)24)6-10(13)7-16/h2-3,6,8-9,14,18H,4-5H2,1H3. The van der Waals surface area contributed by atoms with Crippen LogP contribution in [0, 0.1) is 21.4 Å². The van der Waals surface area contributed by atoms with Crippen LogP contribution in [-0.2, 0) is 11.8 Å². The molecule has 1 aliphatic rings. The Morgan fingerprint density at radius 1 is 1.50 bits per heavy atom. The Morgan fingerprint density at radius 3 is 2.92 bits per heavy atom. The molecular weight excluding hydrogens is 312 g/mol. The smallest absolute Gasteiger partial charge is 0.270 e. The Kier molecular flexibility index (Phi) is 3.87. The van der Waals surface area contributed by atoms with Gasteiger partial charge in [0.05, 0.1) is 28.1 Å². The number of hydrogen-bond acceptors (Lipinski definition) is 6. The number of nitro benzene ring substituents is 1. The average molecular weight is 326 g/mol. The van der Waals surface area contributed by atoms with Crippen molar-refractivity contribution in [3.05, 3.63) is 46.3 Å². The molecule has 2 heterocycles. The molecule has 24 heavy (non-hydrogen) atoms. The van der Waals surface area contributed by atoms with Crippen LogP contribution in [0.25, 0.3) is 0 Å². The van der Waals surface area contributed by atoms with Gasteiger partial charge in [0.25, 0.3) is 5.69 Å². The topological polar surface area (TPSA) is 117 Å². The van der Waals surface area contributed by atoms with Gasteiger partial charge in [-0.3, -0.25) is 19.6 Å². The van der Waals surface area contributed by atoms with Crippen LogP contribution in [0.2, 0.25) is 0 Å². The number of non-ortho nitro benzene ring substituents is 1. The van der Waals surface area contributed by atoms with E-state index >= 15 is 0 Å². The highest BCUT2D eigenvalue weighted by Crippen LogP contribution is 2.26. The van der Waals surface area contributed by atoms with Crippen molar-refractivity contribution in [2.75, 3.05) is 16.8 Å². The Balaban J connectivity index is 1.79. The lowest BCUT2D eigenvalue weighted by molar-refractivity contribution is -0.384. The number of carbonyl (C=O) groups is 1. The van der Waals surface area contributed by atoms with Gasteiger partial charge in [-0.15, -0.1) is 0 Å². The molecule has 1 aliphatic heterocycles. The van der Waals surface area contributed by atoms with Crippen LogP contribution in [0.3, 0.4) is 0 Å². The van der Waals surface area contributed by atoms with E-state index in [2.05, 4.69) is 10.4 Å². The van der Waals surface area contributed by atoms with E-state index < -0.39 is 11.0 Å². The van der Waals surface area contributed by atoms with Crippen LogP contribution in [0.15, 0.2) is 30.6 Å². The average Bonchev–Trinajstić information content (AvgIpc) is 3.14. The molecular formula is C15H14N6O3. The quantitative estimate of drug-likeness (QED) is 0.670. The molecule has 1 saturated heterocycles. The second-order valence-corrected chi connectivity index (χ2v) is 5.45. The van der Waals surface area contributed by atoms with Gasteiger partial charge in [0.15, 0.2) is 0 Å². The summed E-state index contributed by atoms with van der Waals surface area (Å²) in [7, 11) is 1.77. The summed E-state index contributed by atoms with van der Waals surface area (Å²) in [5, 5.41) is 27.0. The Bertz CT molecular complexity index is 853. The van der Waals surface area contributed by atoms with Crippen molar-refractivity contribution in [1.29, 1.82) is 5.26 Å². The molecule has 0 radical (unpaired) electrons. The third-order valence-electron chi connectivity index (χ3n) is 3.87. The maximum atomic E-state index is 12.5. The van der Waals surface area contributed by atoms with Crippen molar-refractivity contribution in [2.24, 2.45) is 7.05 Å². The van der Waals surface area contributed by atoms with Crippen LogP contribution < -0.4 is 10.2 Å². The summed E-state index contributed by atoms with van der Waals surface area (Å²) in [4.78, 5) is 24.4. The summed E-state index contributed by atoms with van der Waals surface area (Å²) in [6.07, 6.45) is 3.94. The summed E-state index contributed by atoms with van der Waals surface area (Å²) in [6, 6.07) is 5.39. The van der Waals surface area contributed by atoms with Gasteiger partial charge in [-0.25, -0.2) is 0 Å². The lowest BCUT2D eigenvalue weighted by atomic mass is 10.1. The van der Waals surface area contributed by atoms with Crippen LogP contribution in [0.5, 0.6) is 0 Å². The monoisotopic (exact) mass is 326 g/mol. The number of benzene rings is 1. The lowest BCUT2D eigenvalue weighted by Gasteiger charge is -2.16. The SMILES string of the molecule is Cn1cc(N2CCC(Nc3ccc([N+](=O)[O-])cc3C#N)C2=O)cn1. The zero-order valence-corrected chi connectivity index (χ0v) is 12.8. The van der Waals surface area contributed by atoms with Crippen LogP contribution in [-0.4, -0.2) is 33.2 Å². The predicted octanol–water partition coefficient (Wildman–Crippen LogP) is 1.42. The van der Waals surface area contributed by atoms with Crippen LogP contribution >= 0.6 is 0 Å². The molecule has 1 aromatic heterocycles. The van der Waals surface area contributed by atoms with Crippen molar-refractivity contribution in [3.63, 3.8) is 0 Å². The van der Waals surface area contributed by atoms with Gasteiger partial charge < -0.3 is 10.2 Å². The normalized spacial score (nSPS) is 16.9. The summed E-state index contributed by atoms with van der Waals surface area (Å²) < 4.78 is 1.62. The van der Waals surface area contributed by atoms with E-state index in [1.165, 1.54) is 18.2 Å². The number of nitrogens with one attached hydrogen (secondary N) is 1. The minimum Gasteiger partial charge on any atom is -0.373 e. The highest BCUT2D eigenvalue weighted by molar-refractivity contribution is 6.01. The van der Waals surface area contributed by atoms with E-state index in [-0.39, 0.29) is 17.2 Å². The number of anilines is 2. The minimum atomic E-state index is -0.560. The van der Waals surface area contributed by atoms with Crippen molar-refractivity contribution < 1.29 is 9.72 Å². The highest BCUT2D eigenvalue weighted by atomic mass is 16.6. The molecule has 1 N–H and O–H groups in total. The molecule has 1 aromatic carbocycles. The first-order valence-electron chi connectivity index (χ1n) is 7.24. The van der Waals surface area contributed by atoms with E-state index in [0.717, 1.165) is 5.69 Å². The molecule has 1 fully saturated rings. The number of rotatable bonds is 4. The van der Waals surface area contributed by atoms with E-state index in [0.29, 0.717) is 18.7 Å². The van der Waals surface area contributed by atoms with Gasteiger partial charge in [0, 0.05) is 31.9 Å². The van der Waals surface area contributed by atoms with Gasteiger partial charge in [0.2, 0.25) is 5.91 Å². The first-order chi connectivity index (χ1) is 11.5. The van der Waals surface area contributed by atoms with Crippen LogP contribution in [0.4, 0.5) is 17.1 Å². The third-order valence-corrected chi connectivity index (χ3v) is 3.87. The zero-order chi connectivity index (χ0) is 17.3. The van der Waals surface area contributed by atoms with E-state index in [4.69, 9.17) is 0 Å². The minimum absolute atomic E-state index is 0.120. The third kappa shape index (κ3) is 2.77. The molecule has 9 nitrogen and oxygen atoms in total. The molecule has 9 heteroatoms. The van der Waals surface area contributed by atoms with Gasteiger partial charge in [-0.05, 0) is 12.5 Å². The van der Waals surface area contributed by atoms with Gasteiger partial charge >= 0.3 is 0 Å². The molecule has 1 unspecified atom stereocenters. The van der Waals surface area contributed by atoms with E-state index in [9.17, 15) is 20.2 Å². The number of nitrogens with zero attached hydrogens (tertiary/aromatic N) is 5. The number of nitriles is 1. The maximum Gasteiger partial charge on any atom is 0.270 e. The summed E-state index contributed by atoms with van der Waals surface area (Å²) >= 11 is 0. The molecule has 122 valence electrons.